The van der Waals surface area contributed by atoms with Gasteiger partial charge in [0, 0.05) is 18.5 Å². The zero-order valence-electron chi connectivity index (χ0n) is 10.3. The maximum absolute atomic E-state index is 11.9. The predicted molar refractivity (Wildman–Crippen MR) is 60.1 cm³/mol. The van der Waals surface area contributed by atoms with E-state index in [1.54, 1.807) is 4.90 Å². The average molecular weight is 227 g/mol. The molecule has 3 atom stereocenters. The van der Waals surface area contributed by atoms with Crippen LogP contribution in [-0.2, 0) is 4.74 Å². The summed E-state index contributed by atoms with van der Waals surface area (Å²) in [5, 5.41) is 9.75. The molecule has 1 amide bonds. The Balaban J connectivity index is 1.99. The predicted octanol–water partition coefficient (Wildman–Crippen LogP) is 1.77. The van der Waals surface area contributed by atoms with Crippen LogP contribution in [0.15, 0.2) is 0 Å². The Labute approximate surface area is 96.6 Å². The van der Waals surface area contributed by atoms with Gasteiger partial charge in [-0.1, -0.05) is 0 Å². The highest BCUT2D eigenvalue weighted by Gasteiger charge is 2.42. The molecular weight excluding hydrogens is 206 g/mol. The molecule has 92 valence electrons. The number of amides is 1. The second kappa shape index (κ2) is 3.91. The number of piperidine rings is 2. The van der Waals surface area contributed by atoms with Gasteiger partial charge in [-0.05, 0) is 40.0 Å². The van der Waals surface area contributed by atoms with Crippen LogP contribution < -0.4 is 0 Å². The van der Waals surface area contributed by atoms with Crippen molar-refractivity contribution in [3.63, 3.8) is 0 Å². The third-order valence-corrected chi connectivity index (χ3v) is 3.43. The molecule has 0 aromatic heterocycles. The van der Waals surface area contributed by atoms with Gasteiger partial charge in [0.05, 0.1) is 6.10 Å². The van der Waals surface area contributed by atoms with Crippen LogP contribution in [0.1, 0.15) is 40.0 Å². The minimum absolute atomic E-state index is 0.176. The van der Waals surface area contributed by atoms with E-state index in [2.05, 4.69) is 0 Å². The molecule has 16 heavy (non-hydrogen) atoms. The Morgan fingerprint density at radius 2 is 2.06 bits per heavy atom. The highest BCUT2D eigenvalue weighted by Crippen LogP contribution is 2.35. The van der Waals surface area contributed by atoms with Crippen molar-refractivity contribution in [3.8, 4) is 0 Å². The Morgan fingerprint density at radius 3 is 2.50 bits per heavy atom. The lowest BCUT2D eigenvalue weighted by Crippen LogP contribution is -2.56. The van der Waals surface area contributed by atoms with Gasteiger partial charge in [-0.25, -0.2) is 4.79 Å². The van der Waals surface area contributed by atoms with Crippen molar-refractivity contribution in [2.75, 3.05) is 6.54 Å². The largest absolute Gasteiger partial charge is 0.444 e. The second-order valence-corrected chi connectivity index (χ2v) is 5.93. The molecule has 4 nitrogen and oxygen atoms in total. The fourth-order valence-electron chi connectivity index (χ4n) is 2.63. The van der Waals surface area contributed by atoms with Crippen LogP contribution >= 0.6 is 0 Å². The van der Waals surface area contributed by atoms with Gasteiger partial charge in [0.25, 0.3) is 0 Å². The van der Waals surface area contributed by atoms with Gasteiger partial charge in [0.1, 0.15) is 5.60 Å². The van der Waals surface area contributed by atoms with Crippen LogP contribution in [0.5, 0.6) is 0 Å². The summed E-state index contributed by atoms with van der Waals surface area (Å²) in [6.07, 6.45) is 2.29. The van der Waals surface area contributed by atoms with Gasteiger partial charge in [-0.15, -0.1) is 0 Å². The Hall–Kier alpha value is -0.770. The van der Waals surface area contributed by atoms with Crippen LogP contribution in [0.3, 0.4) is 0 Å². The fraction of sp³-hybridized carbons (Fsp3) is 0.917. The second-order valence-electron chi connectivity index (χ2n) is 5.93. The topological polar surface area (TPSA) is 49.8 Å². The first-order valence-corrected chi connectivity index (χ1v) is 6.04. The van der Waals surface area contributed by atoms with Gasteiger partial charge in [-0.2, -0.15) is 0 Å². The Bertz CT molecular complexity index is 284. The summed E-state index contributed by atoms with van der Waals surface area (Å²) in [4.78, 5) is 13.7. The number of ether oxygens (including phenoxy) is 1. The van der Waals surface area contributed by atoms with E-state index in [-0.39, 0.29) is 24.2 Å². The van der Waals surface area contributed by atoms with Crippen molar-refractivity contribution in [2.24, 2.45) is 5.92 Å². The van der Waals surface area contributed by atoms with E-state index in [0.29, 0.717) is 13.0 Å². The van der Waals surface area contributed by atoms with Crippen molar-refractivity contribution in [2.45, 2.75) is 57.8 Å². The van der Waals surface area contributed by atoms with Gasteiger partial charge in [0.2, 0.25) is 0 Å². The third kappa shape index (κ3) is 2.32. The minimum atomic E-state index is -0.438. The van der Waals surface area contributed by atoms with Gasteiger partial charge in [-0.3, -0.25) is 0 Å². The number of hydrogen-bond donors (Lipinski definition) is 1. The number of carbonyl (C=O) groups excluding carboxylic acids is 1. The molecule has 2 bridgehead atoms. The smallest absolute Gasteiger partial charge is 0.410 e. The maximum Gasteiger partial charge on any atom is 0.410 e. The average Bonchev–Trinajstić information content (AvgIpc) is 2.15. The van der Waals surface area contributed by atoms with E-state index >= 15 is 0 Å². The normalized spacial score (nSPS) is 34.0. The molecule has 0 aromatic carbocycles. The van der Waals surface area contributed by atoms with E-state index < -0.39 is 5.60 Å². The first-order valence-electron chi connectivity index (χ1n) is 6.04. The quantitative estimate of drug-likeness (QED) is 0.686. The SMILES string of the molecule is CC(C)(C)OC(=O)N1CC2CCC1CC2O. The highest BCUT2D eigenvalue weighted by molar-refractivity contribution is 5.69. The Kier molecular flexibility index (Phi) is 2.86. The molecule has 4 heteroatoms. The van der Waals surface area contributed by atoms with Crippen LogP contribution in [-0.4, -0.2) is 40.4 Å². The maximum atomic E-state index is 11.9. The molecule has 1 N–H and O–H groups in total. The molecule has 2 aliphatic heterocycles. The van der Waals surface area contributed by atoms with Gasteiger partial charge >= 0.3 is 6.09 Å². The van der Waals surface area contributed by atoms with Gasteiger partial charge in [0.15, 0.2) is 0 Å². The minimum Gasteiger partial charge on any atom is -0.444 e. The monoisotopic (exact) mass is 227 g/mol. The first-order chi connectivity index (χ1) is 7.37. The summed E-state index contributed by atoms with van der Waals surface area (Å²) < 4.78 is 5.37. The first kappa shape index (κ1) is 11.7. The lowest BCUT2D eigenvalue weighted by atomic mass is 9.78. The molecule has 0 radical (unpaired) electrons. The zero-order chi connectivity index (χ0) is 11.9. The van der Waals surface area contributed by atoms with Crippen LogP contribution in [0.4, 0.5) is 4.79 Å². The molecule has 3 unspecified atom stereocenters. The number of carbonyl (C=O) groups is 1. The van der Waals surface area contributed by atoms with Crippen LogP contribution in [0.2, 0.25) is 0 Å². The molecule has 1 saturated carbocycles. The summed E-state index contributed by atoms with van der Waals surface area (Å²) in [6.45, 7) is 6.28. The van der Waals surface area contributed by atoms with Crippen molar-refractivity contribution >= 4 is 6.09 Å². The fourth-order valence-corrected chi connectivity index (χ4v) is 2.63. The Morgan fingerprint density at radius 1 is 1.38 bits per heavy atom. The van der Waals surface area contributed by atoms with Crippen LogP contribution in [0, 0.1) is 5.92 Å². The summed E-state index contributed by atoms with van der Waals surface area (Å²) in [7, 11) is 0. The van der Waals surface area contributed by atoms with E-state index in [4.69, 9.17) is 4.74 Å². The van der Waals surface area contributed by atoms with Crippen molar-refractivity contribution in [1.29, 1.82) is 0 Å². The summed E-state index contributed by atoms with van der Waals surface area (Å²) >= 11 is 0. The lowest BCUT2D eigenvalue weighted by molar-refractivity contribution is -0.0584. The van der Waals surface area contributed by atoms with Crippen molar-refractivity contribution in [3.05, 3.63) is 0 Å². The number of hydrogen-bond acceptors (Lipinski definition) is 3. The summed E-state index contributed by atoms with van der Waals surface area (Å²) in [6, 6.07) is 0.176. The molecule has 3 rings (SSSR count). The van der Waals surface area contributed by atoms with Crippen molar-refractivity contribution in [1.82, 2.24) is 4.90 Å². The van der Waals surface area contributed by atoms with E-state index in [1.807, 2.05) is 20.8 Å². The molecule has 2 heterocycles. The number of fused-ring (bicyclic) bond motifs is 3. The molecule has 0 aromatic rings. The number of aliphatic hydroxyl groups excluding tert-OH is 1. The van der Waals surface area contributed by atoms with Gasteiger partial charge < -0.3 is 14.7 Å². The molecule has 3 aliphatic rings. The molecule has 1 aliphatic carbocycles. The highest BCUT2D eigenvalue weighted by atomic mass is 16.6. The molecule has 0 spiro atoms. The number of rotatable bonds is 0. The number of aliphatic hydroxyl groups is 1. The third-order valence-electron chi connectivity index (χ3n) is 3.43. The van der Waals surface area contributed by atoms with Crippen molar-refractivity contribution < 1.29 is 14.6 Å². The summed E-state index contributed by atoms with van der Waals surface area (Å²) in [5.41, 5.74) is -0.438. The molecular formula is C12H21NO3. The molecule has 2 saturated heterocycles. The van der Waals surface area contributed by atoms with Crippen LogP contribution in [0.25, 0.3) is 0 Å². The lowest BCUT2D eigenvalue weighted by Gasteiger charge is -2.47. The number of nitrogens with zero attached hydrogens (tertiary/aromatic N) is 1. The zero-order valence-corrected chi connectivity index (χ0v) is 10.3. The van der Waals surface area contributed by atoms with E-state index in [9.17, 15) is 9.90 Å². The summed E-state index contributed by atoms with van der Waals surface area (Å²) in [5.74, 6) is 0.248. The van der Waals surface area contributed by atoms with E-state index in [1.165, 1.54) is 0 Å². The van der Waals surface area contributed by atoms with E-state index in [0.717, 1.165) is 12.8 Å². The standard InChI is InChI=1S/C12H21NO3/c1-12(2,3)16-11(15)13-7-8-4-5-9(13)6-10(8)14/h8-10,14H,4-7H2,1-3H3. The molecule has 3 fully saturated rings.